The molecule has 1 fully saturated rings. The molecule has 3 heterocycles. The van der Waals surface area contributed by atoms with E-state index >= 15 is 0 Å². The van der Waals surface area contributed by atoms with E-state index in [2.05, 4.69) is 32.8 Å². The topological polar surface area (TPSA) is 45.2 Å². The Kier molecular flexibility index (Phi) is 4.51. The maximum atomic E-state index is 6.01. The van der Waals surface area contributed by atoms with Crippen LogP contribution < -0.4 is 4.90 Å². The van der Waals surface area contributed by atoms with Gasteiger partial charge in [0.2, 0.25) is 0 Å². The van der Waals surface area contributed by atoms with Crippen LogP contribution in [0.25, 0.3) is 11.0 Å². The van der Waals surface area contributed by atoms with Crippen molar-refractivity contribution in [3.8, 4) is 0 Å². The molecule has 0 radical (unpaired) electrons. The SMILES string of the molecule is Cc1cccnc1CN1CCN(c2cnc3cc(Cl)ccc3n2)CC1. The summed E-state index contributed by atoms with van der Waals surface area (Å²) in [6.07, 6.45) is 3.72. The van der Waals surface area contributed by atoms with E-state index < -0.39 is 0 Å². The molecule has 3 aromatic rings. The van der Waals surface area contributed by atoms with Crippen LogP contribution in [-0.2, 0) is 6.54 Å². The lowest BCUT2D eigenvalue weighted by molar-refractivity contribution is 0.246. The molecule has 25 heavy (non-hydrogen) atoms. The van der Waals surface area contributed by atoms with Gasteiger partial charge in [0.25, 0.3) is 0 Å². The van der Waals surface area contributed by atoms with E-state index in [9.17, 15) is 0 Å². The van der Waals surface area contributed by atoms with E-state index in [1.54, 1.807) is 0 Å². The van der Waals surface area contributed by atoms with Gasteiger partial charge in [-0.3, -0.25) is 14.9 Å². The first-order valence-corrected chi connectivity index (χ1v) is 8.87. The number of aryl methyl sites for hydroxylation is 1. The van der Waals surface area contributed by atoms with Crippen molar-refractivity contribution in [1.82, 2.24) is 19.9 Å². The van der Waals surface area contributed by atoms with Gasteiger partial charge in [-0.1, -0.05) is 17.7 Å². The summed E-state index contributed by atoms with van der Waals surface area (Å²) in [7, 11) is 0. The minimum Gasteiger partial charge on any atom is -0.353 e. The van der Waals surface area contributed by atoms with Crippen LogP contribution in [0.4, 0.5) is 5.82 Å². The molecule has 1 aromatic carbocycles. The maximum Gasteiger partial charge on any atom is 0.147 e. The molecule has 0 bridgehead atoms. The number of halogens is 1. The highest BCUT2D eigenvalue weighted by Crippen LogP contribution is 2.20. The molecule has 4 rings (SSSR count). The molecule has 0 aliphatic carbocycles. The van der Waals surface area contributed by atoms with Gasteiger partial charge in [0, 0.05) is 43.9 Å². The minimum atomic E-state index is 0.688. The van der Waals surface area contributed by atoms with Crippen molar-refractivity contribution in [2.45, 2.75) is 13.5 Å². The second kappa shape index (κ2) is 6.94. The predicted octanol–water partition coefficient (Wildman–Crippen LogP) is 3.31. The Morgan fingerprint density at radius 1 is 1.04 bits per heavy atom. The molecule has 0 spiro atoms. The third kappa shape index (κ3) is 3.57. The number of nitrogens with zero attached hydrogens (tertiary/aromatic N) is 5. The van der Waals surface area contributed by atoms with Crippen molar-refractivity contribution in [1.29, 1.82) is 0 Å². The van der Waals surface area contributed by atoms with E-state index in [1.807, 2.05) is 36.7 Å². The lowest BCUT2D eigenvalue weighted by Crippen LogP contribution is -2.46. The summed E-state index contributed by atoms with van der Waals surface area (Å²) in [5.41, 5.74) is 4.14. The largest absolute Gasteiger partial charge is 0.353 e. The van der Waals surface area contributed by atoms with Crippen molar-refractivity contribution in [2.24, 2.45) is 0 Å². The summed E-state index contributed by atoms with van der Waals surface area (Å²) in [5.74, 6) is 0.934. The number of benzene rings is 1. The third-order valence-corrected chi connectivity index (χ3v) is 4.91. The summed E-state index contributed by atoms with van der Waals surface area (Å²) in [5, 5.41) is 0.688. The molecule has 0 N–H and O–H groups in total. The molecule has 1 saturated heterocycles. The van der Waals surface area contributed by atoms with Crippen LogP contribution in [0.1, 0.15) is 11.3 Å². The first-order valence-electron chi connectivity index (χ1n) is 8.49. The third-order valence-electron chi connectivity index (χ3n) is 4.68. The van der Waals surface area contributed by atoms with Gasteiger partial charge in [-0.05, 0) is 36.8 Å². The van der Waals surface area contributed by atoms with Crippen molar-refractivity contribution in [3.63, 3.8) is 0 Å². The molecule has 0 saturated carbocycles. The normalized spacial score (nSPS) is 15.7. The molecule has 6 heteroatoms. The van der Waals surface area contributed by atoms with Crippen LogP contribution in [-0.4, -0.2) is 46.0 Å². The summed E-state index contributed by atoms with van der Waals surface area (Å²) in [4.78, 5) is 18.5. The van der Waals surface area contributed by atoms with Crippen LogP contribution in [0, 0.1) is 6.92 Å². The molecule has 1 aliphatic heterocycles. The Bertz CT molecular complexity index is 890. The molecule has 128 valence electrons. The first kappa shape index (κ1) is 16.2. The van der Waals surface area contributed by atoms with Gasteiger partial charge < -0.3 is 4.90 Å². The number of piperazine rings is 1. The molecule has 0 unspecified atom stereocenters. The van der Waals surface area contributed by atoms with E-state index in [0.717, 1.165) is 49.6 Å². The highest BCUT2D eigenvalue weighted by atomic mass is 35.5. The average Bonchev–Trinajstić information content (AvgIpc) is 2.64. The van der Waals surface area contributed by atoms with Crippen molar-refractivity contribution in [2.75, 3.05) is 31.1 Å². The summed E-state index contributed by atoms with van der Waals surface area (Å²) < 4.78 is 0. The summed E-state index contributed by atoms with van der Waals surface area (Å²) in [6, 6.07) is 9.74. The number of anilines is 1. The van der Waals surface area contributed by atoms with Gasteiger partial charge in [-0.2, -0.15) is 0 Å². The number of rotatable bonds is 3. The van der Waals surface area contributed by atoms with Crippen LogP contribution >= 0.6 is 11.6 Å². The smallest absolute Gasteiger partial charge is 0.147 e. The molecule has 2 aromatic heterocycles. The van der Waals surface area contributed by atoms with E-state index in [0.29, 0.717) is 5.02 Å². The highest BCUT2D eigenvalue weighted by Gasteiger charge is 2.19. The predicted molar refractivity (Wildman–Crippen MR) is 101 cm³/mol. The molecule has 0 atom stereocenters. The minimum absolute atomic E-state index is 0.688. The first-order chi connectivity index (χ1) is 12.2. The maximum absolute atomic E-state index is 6.01. The number of hydrogen-bond donors (Lipinski definition) is 0. The molecular formula is C19H20ClN5. The van der Waals surface area contributed by atoms with E-state index in [4.69, 9.17) is 16.6 Å². The fourth-order valence-corrected chi connectivity index (χ4v) is 3.32. The number of fused-ring (bicyclic) bond motifs is 1. The van der Waals surface area contributed by atoms with Crippen LogP contribution in [0.2, 0.25) is 5.02 Å². The van der Waals surface area contributed by atoms with E-state index in [1.165, 1.54) is 11.3 Å². The number of hydrogen-bond acceptors (Lipinski definition) is 5. The lowest BCUT2D eigenvalue weighted by Gasteiger charge is -2.35. The number of pyridine rings is 1. The van der Waals surface area contributed by atoms with Gasteiger partial charge in [-0.25, -0.2) is 4.98 Å². The number of aromatic nitrogens is 3. The zero-order chi connectivity index (χ0) is 17.2. The Hall–Kier alpha value is -2.24. The van der Waals surface area contributed by atoms with Gasteiger partial charge >= 0.3 is 0 Å². The zero-order valence-corrected chi connectivity index (χ0v) is 14.9. The second-order valence-corrected chi connectivity index (χ2v) is 6.83. The fourth-order valence-electron chi connectivity index (χ4n) is 3.16. The fraction of sp³-hybridized carbons (Fsp3) is 0.316. The van der Waals surface area contributed by atoms with Crippen LogP contribution in [0.15, 0.2) is 42.7 Å². The van der Waals surface area contributed by atoms with Crippen molar-refractivity contribution >= 4 is 28.5 Å². The Balaban J connectivity index is 1.43. The van der Waals surface area contributed by atoms with Gasteiger partial charge in [-0.15, -0.1) is 0 Å². The Morgan fingerprint density at radius 3 is 2.68 bits per heavy atom. The monoisotopic (exact) mass is 353 g/mol. The molecular weight excluding hydrogens is 334 g/mol. The molecule has 0 amide bonds. The van der Waals surface area contributed by atoms with Crippen molar-refractivity contribution in [3.05, 3.63) is 59.0 Å². The summed E-state index contributed by atoms with van der Waals surface area (Å²) in [6.45, 7) is 6.91. The van der Waals surface area contributed by atoms with Gasteiger partial charge in [0.1, 0.15) is 5.82 Å². The Morgan fingerprint density at radius 2 is 1.88 bits per heavy atom. The lowest BCUT2D eigenvalue weighted by atomic mass is 10.2. The van der Waals surface area contributed by atoms with Crippen molar-refractivity contribution < 1.29 is 0 Å². The molecule has 5 nitrogen and oxygen atoms in total. The average molecular weight is 354 g/mol. The van der Waals surface area contributed by atoms with Crippen LogP contribution in [0.5, 0.6) is 0 Å². The summed E-state index contributed by atoms with van der Waals surface area (Å²) >= 11 is 6.01. The van der Waals surface area contributed by atoms with Gasteiger partial charge in [0.15, 0.2) is 0 Å². The standard InChI is InChI=1S/C19H20ClN5/c1-14-3-2-6-21-18(14)13-24-7-9-25(10-8-24)19-12-22-17-11-15(20)4-5-16(17)23-19/h2-6,11-12H,7-10,13H2,1H3. The van der Waals surface area contributed by atoms with E-state index in [-0.39, 0.29) is 0 Å². The molecule has 1 aliphatic rings. The van der Waals surface area contributed by atoms with Crippen LogP contribution in [0.3, 0.4) is 0 Å². The highest BCUT2D eigenvalue weighted by molar-refractivity contribution is 6.31. The van der Waals surface area contributed by atoms with Gasteiger partial charge in [0.05, 0.1) is 22.9 Å². The quantitative estimate of drug-likeness (QED) is 0.722. The second-order valence-electron chi connectivity index (χ2n) is 6.39. The Labute approximate surface area is 152 Å². The zero-order valence-electron chi connectivity index (χ0n) is 14.2.